The lowest BCUT2D eigenvalue weighted by Crippen LogP contribution is -2.26. The van der Waals surface area contributed by atoms with E-state index in [9.17, 15) is 9.59 Å². The maximum absolute atomic E-state index is 15.2. The molecule has 2 N–H and O–H groups in total. The monoisotopic (exact) mass is 547 g/mol. The van der Waals surface area contributed by atoms with E-state index in [0.29, 0.717) is 22.1 Å². The number of pyridine rings is 1. The molecule has 0 bridgehead atoms. The number of aromatic amines is 1. The number of ether oxygens (including phenoxy) is 1. The molecular weight excluding hydrogens is 521 g/mol. The van der Waals surface area contributed by atoms with Crippen LogP contribution in [0, 0.1) is 12.7 Å². The van der Waals surface area contributed by atoms with Gasteiger partial charge in [-0.3, -0.25) is 9.59 Å². The van der Waals surface area contributed by atoms with E-state index in [2.05, 4.69) is 20.3 Å². The van der Waals surface area contributed by atoms with Crippen LogP contribution >= 0.6 is 0 Å². The van der Waals surface area contributed by atoms with Crippen LogP contribution in [0.1, 0.15) is 28.5 Å². The van der Waals surface area contributed by atoms with Gasteiger partial charge in [0.2, 0.25) is 11.3 Å². The maximum Gasteiger partial charge on any atom is 0.261 e. The molecule has 0 spiro atoms. The highest BCUT2D eigenvalue weighted by Gasteiger charge is 2.21. The normalized spacial score (nSPS) is 11.2. The zero-order chi connectivity index (χ0) is 28.7. The second-order valence-electron chi connectivity index (χ2n) is 9.72. The number of benzene rings is 3. The number of carbonyl (C=O) groups is 1. The zero-order valence-corrected chi connectivity index (χ0v) is 22.7. The number of aryl methyl sites for hydroxylation is 2. The highest BCUT2D eigenvalue weighted by atomic mass is 19.1. The molecule has 1 amide bonds. The van der Waals surface area contributed by atoms with Crippen LogP contribution in [0.3, 0.4) is 0 Å². The van der Waals surface area contributed by atoms with Crippen LogP contribution < -0.4 is 15.5 Å². The van der Waals surface area contributed by atoms with E-state index in [4.69, 9.17) is 4.74 Å². The summed E-state index contributed by atoms with van der Waals surface area (Å²) < 4.78 is 23.0. The van der Waals surface area contributed by atoms with Crippen LogP contribution in [0.2, 0.25) is 0 Å². The molecule has 3 aromatic carbocycles. The Morgan fingerprint density at radius 3 is 2.63 bits per heavy atom. The van der Waals surface area contributed by atoms with Crippen LogP contribution in [0.15, 0.2) is 84.0 Å². The third-order valence-corrected chi connectivity index (χ3v) is 7.32. The number of aromatic nitrogens is 4. The van der Waals surface area contributed by atoms with Crippen molar-refractivity contribution in [2.24, 2.45) is 7.05 Å². The lowest BCUT2D eigenvalue weighted by molar-refractivity contribution is 0.102. The lowest BCUT2D eigenvalue weighted by Gasteiger charge is -2.15. The molecule has 0 aliphatic carbocycles. The van der Waals surface area contributed by atoms with Crippen LogP contribution in [-0.2, 0) is 13.5 Å². The van der Waals surface area contributed by atoms with E-state index in [1.165, 1.54) is 18.5 Å². The van der Waals surface area contributed by atoms with Crippen molar-refractivity contribution in [3.8, 4) is 22.8 Å². The van der Waals surface area contributed by atoms with Gasteiger partial charge in [-0.25, -0.2) is 14.4 Å². The zero-order valence-electron chi connectivity index (χ0n) is 22.7. The van der Waals surface area contributed by atoms with E-state index in [-0.39, 0.29) is 22.9 Å². The molecule has 0 fully saturated rings. The average molecular weight is 548 g/mol. The summed E-state index contributed by atoms with van der Waals surface area (Å²) in [6.45, 7) is 3.70. The number of rotatable bonds is 6. The maximum atomic E-state index is 15.2. The van der Waals surface area contributed by atoms with E-state index in [1.54, 1.807) is 24.6 Å². The van der Waals surface area contributed by atoms with E-state index >= 15 is 4.39 Å². The fourth-order valence-electron chi connectivity index (χ4n) is 5.01. The molecule has 6 rings (SSSR count). The molecule has 41 heavy (non-hydrogen) atoms. The summed E-state index contributed by atoms with van der Waals surface area (Å²) in [5.41, 5.74) is 4.08. The number of amides is 1. The minimum absolute atomic E-state index is 0.0303. The highest BCUT2D eigenvalue weighted by molar-refractivity contribution is 6.07. The molecule has 0 unspecified atom stereocenters. The standard InChI is InChI=1S/C32H26FN5O3/c1-4-19-10-13-26-22(14-19)29(39)27(18(2)38(26)3)31(40)37-25-12-11-21(15-24(25)33)41-32-28-23(20-8-6-5-7-9-20)16-34-30(28)35-17-36-32/h5-17H,4H2,1-3H3,(H,37,40)(H,34,35,36). The van der Waals surface area contributed by atoms with Crippen molar-refractivity contribution in [3.05, 3.63) is 112 Å². The first-order valence-electron chi connectivity index (χ1n) is 13.1. The van der Waals surface area contributed by atoms with Crippen molar-refractivity contribution < 1.29 is 13.9 Å². The largest absolute Gasteiger partial charge is 0.438 e. The van der Waals surface area contributed by atoms with Crippen molar-refractivity contribution >= 4 is 33.5 Å². The molecule has 6 aromatic rings. The number of nitrogens with one attached hydrogen (secondary N) is 2. The number of hydrogen-bond acceptors (Lipinski definition) is 5. The molecule has 0 radical (unpaired) electrons. The van der Waals surface area contributed by atoms with Crippen molar-refractivity contribution in [1.29, 1.82) is 0 Å². The van der Waals surface area contributed by atoms with Gasteiger partial charge in [-0.1, -0.05) is 43.3 Å². The third-order valence-electron chi connectivity index (χ3n) is 7.32. The number of carbonyl (C=O) groups excluding carboxylic acids is 1. The Kier molecular flexibility index (Phi) is 6.55. The van der Waals surface area contributed by atoms with Gasteiger partial charge in [0.15, 0.2) is 0 Å². The first kappa shape index (κ1) is 25.9. The molecule has 3 heterocycles. The van der Waals surface area contributed by atoms with Gasteiger partial charge < -0.3 is 19.6 Å². The van der Waals surface area contributed by atoms with Gasteiger partial charge in [-0.05, 0) is 48.7 Å². The highest BCUT2D eigenvalue weighted by Crippen LogP contribution is 2.35. The molecule has 0 saturated carbocycles. The summed E-state index contributed by atoms with van der Waals surface area (Å²) in [6.07, 6.45) is 3.94. The van der Waals surface area contributed by atoms with Gasteiger partial charge in [0.05, 0.1) is 16.6 Å². The Bertz CT molecular complexity index is 2010. The number of H-pyrrole nitrogens is 1. The first-order valence-corrected chi connectivity index (χ1v) is 13.1. The summed E-state index contributed by atoms with van der Waals surface area (Å²) in [5.74, 6) is -0.961. The van der Waals surface area contributed by atoms with Crippen molar-refractivity contribution in [1.82, 2.24) is 19.5 Å². The summed E-state index contributed by atoms with van der Waals surface area (Å²) >= 11 is 0. The van der Waals surface area contributed by atoms with Gasteiger partial charge in [-0.15, -0.1) is 0 Å². The molecule has 3 aromatic heterocycles. The number of hydrogen-bond donors (Lipinski definition) is 2. The molecule has 0 atom stereocenters. The van der Waals surface area contributed by atoms with E-state index in [0.717, 1.165) is 34.7 Å². The SMILES string of the molecule is CCc1ccc2c(c1)c(=O)c(C(=O)Nc1ccc(Oc3ncnc4[nH]cc(-c5ccccc5)c34)cc1F)c(C)n2C. The molecule has 0 saturated heterocycles. The smallest absolute Gasteiger partial charge is 0.261 e. The molecule has 9 heteroatoms. The molecule has 204 valence electrons. The van der Waals surface area contributed by atoms with Gasteiger partial charge in [0.1, 0.15) is 29.1 Å². The predicted octanol–water partition coefficient (Wildman–Crippen LogP) is 6.53. The molecule has 0 aliphatic rings. The summed E-state index contributed by atoms with van der Waals surface area (Å²) in [7, 11) is 1.80. The fourth-order valence-corrected chi connectivity index (χ4v) is 5.01. The summed E-state index contributed by atoms with van der Waals surface area (Å²) in [4.78, 5) is 38.3. The Morgan fingerprint density at radius 1 is 1.07 bits per heavy atom. The number of nitrogens with zero attached hydrogens (tertiary/aromatic N) is 3. The second kappa shape index (κ2) is 10.3. The number of anilines is 1. The van der Waals surface area contributed by atoms with E-state index in [1.807, 2.05) is 55.6 Å². The fraction of sp³-hybridized carbons (Fsp3) is 0.125. The van der Waals surface area contributed by atoms with Crippen molar-refractivity contribution in [2.45, 2.75) is 20.3 Å². The Labute approximate surface area is 234 Å². The van der Waals surface area contributed by atoms with Crippen LogP contribution in [0.25, 0.3) is 33.1 Å². The minimum Gasteiger partial charge on any atom is -0.438 e. The van der Waals surface area contributed by atoms with Gasteiger partial charge in [0.25, 0.3) is 5.91 Å². The average Bonchev–Trinajstić information content (AvgIpc) is 3.43. The molecule has 8 nitrogen and oxygen atoms in total. The van der Waals surface area contributed by atoms with Gasteiger partial charge >= 0.3 is 0 Å². The van der Waals surface area contributed by atoms with Crippen molar-refractivity contribution in [2.75, 3.05) is 5.32 Å². The molecular formula is C32H26FN5O3. The van der Waals surface area contributed by atoms with Crippen LogP contribution in [0.5, 0.6) is 11.6 Å². The van der Waals surface area contributed by atoms with E-state index < -0.39 is 17.2 Å². The topological polar surface area (TPSA) is 102 Å². The van der Waals surface area contributed by atoms with Gasteiger partial charge in [0, 0.05) is 36.0 Å². The molecule has 0 aliphatic heterocycles. The lowest BCUT2D eigenvalue weighted by atomic mass is 10.0. The quantitative estimate of drug-likeness (QED) is 0.247. The third kappa shape index (κ3) is 4.61. The second-order valence-corrected chi connectivity index (χ2v) is 9.72. The Balaban J connectivity index is 1.30. The van der Waals surface area contributed by atoms with Crippen LogP contribution in [0.4, 0.5) is 10.1 Å². The Hall–Kier alpha value is -5.31. The number of halogens is 1. The summed E-state index contributed by atoms with van der Waals surface area (Å²) in [5, 5.41) is 3.67. The van der Waals surface area contributed by atoms with Gasteiger partial charge in [-0.2, -0.15) is 0 Å². The summed E-state index contributed by atoms with van der Waals surface area (Å²) in [6, 6.07) is 19.4. The minimum atomic E-state index is -0.720. The Morgan fingerprint density at radius 2 is 1.88 bits per heavy atom. The predicted molar refractivity (Wildman–Crippen MR) is 157 cm³/mol. The van der Waals surface area contributed by atoms with Crippen LogP contribution in [-0.4, -0.2) is 25.4 Å². The number of fused-ring (bicyclic) bond motifs is 2. The first-order chi connectivity index (χ1) is 19.9. The van der Waals surface area contributed by atoms with Crippen molar-refractivity contribution in [3.63, 3.8) is 0 Å².